The summed E-state index contributed by atoms with van der Waals surface area (Å²) in [5.74, 6) is 0.681. The molecule has 0 bridgehead atoms. The third-order valence-corrected chi connectivity index (χ3v) is 4.68. The van der Waals surface area contributed by atoms with E-state index in [4.69, 9.17) is 4.74 Å². The standard InChI is InChI=1S/C17H25N3O3/c1-23-15-4-7-18-14(10-15)11-20-8-5-12(6-9-20)16(21)17(22)19-13-2-3-13/h4,7,10,12-13,16,21H,2-3,5-6,8-9,11H2,1H3,(H,19,22). The molecule has 1 unspecified atom stereocenters. The Morgan fingerprint density at radius 1 is 1.43 bits per heavy atom. The maximum Gasteiger partial charge on any atom is 0.249 e. The highest BCUT2D eigenvalue weighted by atomic mass is 16.5. The molecule has 0 spiro atoms. The molecule has 1 aromatic rings. The lowest BCUT2D eigenvalue weighted by molar-refractivity contribution is -0.133. The monoisotopic (exact) mass is 319 g/mol. The molecule has 2 aliphatic rings. The van der Waals surface area contributed by atoms with E-state index in [0.717, 1.165) is 56.8 Å². The summed E-state index contributed by atoms with van der Waals surface area (Å²) in [4.78, 5) is 18.6. The minimum absolute atomic E-state index is 0.0586. The van der Waals surface area contributed by atoms with E-state index >= 15 is 0 Å². The van der Waals surface area contributed by atoms with Crippen LogP contribution in [0.1, 0.15) is 31.4 Å². The Balaban J connectivity index is 1.46. The zero-order valence-corrected chi connectivity index (χ0v) is 13.6. The van der Waals surface area contributed by atoms with Gasteiger partial charge in [-0.2, -0.15) is 0 Å². The molecule has 1 saturated carbocycles. The van der Waals surface area contributed by atoms with Crippen LogP contribution >= 0.6 is 0 Å². The minimum Gasteiger partial charge on any atom is -0.497 e. The number of carbonyl (C=O) groups excluding carboxylic acids is 1. The third kappa shape index (κ3) is 4.42. The van der Waals surface area contributed by atoms with Crippen LogP contribution in [0.25, 0.3) is 0 Å². The second-order valence-corrected chi connectivity index (χ2v) is 6.53. The summed E-state index contributed by atoms with van der Waals surface area (Å²) in [6.45, 7) is 2.52. The molecule has 6 nitrogen and oxygen atoms in total. The molecule has 1 aliphatic heterocycles. The molecule has 1 aromatic heterocycles. The van der Waals surface area contributed by atoms with Crippen LogP contribution < -0.4 is 10.1 Å². The Kier molecular flexibility index (Phi) is 5.13. The maximum atomic E-state index is 11.9. The number of pyridine rings is 1. The zero-order chi connectivity index (χ0) is 16.2. The second-order valence-electron chi connectivity index (χ2n) is 6.53. The Labute approximate surface area is 136 Å². The highest BCUT2D eigenvalue weighted by Crippen LogP contribution is 2.24. The Bertz CT molecular complexity index is 540. The van der Waals surface area contributed by atoms with Crippen molar-refractivity contribution in [1.82, 2.24) is 15.2 Å². The number of ether oxygens (including phenoxy) is 1. The molecular formula is C17H25N3O3. The summed E-state index contributed by atoms with van der Waals surface area (Å²) in [6.07, 6.45) is 4.65. The van der Waals surface area contributed by atoms with Crippen molar-refractivity contribution in [1.29, 1.82) is 0 Å². The van der Waals surface area contributed by atoms with E-state index in [-0.39, 0.29) is 11.8 Å². The van der Waals surface area contributed by atoms with Gasteiger partial charge in [-0.15, -0.1) is 0 Å². The number of nitrogens with zero attached hydrogens (tertiary/aromatic N) is 2. The number of hydrogen-bond acceptors (Lipinski definition) is 5. The molecule has 6 heteroatoms. The summed E-state index contributed by atoms with van der Waals surface area (Å²) in [6, 6.07) is 4.09. The Morgan fingerprint density at radius 2 is 2.17 bits per heavy atom. The van der Waals surface area contributed by atoms with E-state index < -0.39 is 6.10 Å². The average Bonchev–Trinajstić information content (AvgIpc) is 3.39. The van der Waals surface area contributed by atoms with Crippen molar-refractivity contribution in [3.8, 4) is 5.75 Å². The molecular weight excluding hydrogens is 294 g/mol. The molecule has 1 aliphatic carbocycles. The van der Waals surface area contributed by atoms with E-state index in [9.17, 15) is 9.90 Å². The summed E-state index contributed by atoms with van der Waals surface area (Å²) in [5, 5.41) is 13.1. The lowest BCUT2D eigenvalue weighted by Gasteiger charge is -2.33. The second kappa shape index (κ2) is 7.27. The van der Waals surface area contributed by atoms with Crippen LogP contribution in [-0.2, 0) is 11.3 Å². The van der Waals surface area contributed by atoms with Gasteiger partial charge in [0.2, 0.25) is 5.91 Å². The normalized spacial score (nSPS) is 21.0. The third-order valence-electron chi connectivity index (χ3n) is 4.68. The lowest BCUT2D eigenvalue weighted by atomic mass is 9.90. The van der Waals surface area contributed by atoms with E-state index in [1.165, 1.54) is 0 Å². The highest BCUT2D eigenvalue weighted by molar-refractivity contribution is 5.81. The SMILES string of the molecule is COc1ccnc(CN2CCC(C(O)C(=O)NC3CC3)CC2)c1. The summed E-state index contributed by atoms with van der Waals surface area (Å²) >= 11 is 0. The molecule has 2 fully saturated rings. The quantitative estimate of drug-likeness (QED) is 0.816. The fourth-order valence-corrected chi connectivity index (χ4v) is 3.05. The predicted octanol–water partition coefficient (Wildman–Crippen LogP) is 0.942. The van der Waals surface area contributed by atoms with Crippen LogP contribution in [-0.4, -0.2) is 53.2 Å². The van der Waals surface area contributed by atoms with Gasteiger partial charge in [0.15, 0.2) is 0 Å². The lowest BCUT2D eigenvalue weighted by Crippen LogP contribution is -2.45. The van der Waals surface area contributed by atoms with Crippen LogP contribution in [0, 0.1) is 5.92 Å². The molecule has 1 amide bonds. The minimum atomic E-state index is -0.868. The Morgan fingerprint density at radius 3 is 2.83 bits per heavy atom. The first-order chi connectivity index (χ1) is 11.2. The van der Waals surface area contributed by atoms with Gasteiger partial charge in [0.25, 0.3) is 0 Å². The first-order valence-corrected chi connectivity index (χ1v) is 8.35. The highest BCUT2D eigenvalue weighted by Gasteiger charge is 2.32. The molecule has 3 rings (SSSR count). The summed E-state index contributed by atoms with van der Waals surface area (Å²) < 4.78 is 5.22. The largest absolute Gasteiger partial charge is 0.497 e. The molecule has 23 heavy (non-hydrogen) atoms. The molecule has 1 saturated heterocycles. The molecule has 1 atom stereocenters. The van der Waals surface area contributed by atoms with Gasteiger partial charge in [0, 0.05) is 24.8 Å². The van der Waals surface area contributed by atoms with Crippen LogP contribution in [0.5, 0.6) is 5.75 Å². The van der Waals surface area contributed by atoms with Crippen molar-refractivity contribution in [2.75, 3.05) is 20.2 Å². The molecule has 0 aromatic carbocycles. The number of piperidine rings is 1. The van der Waals surface area contributed by atoms with Crippen LogP contribution in [0.15, 0.2) is 18.3 Å². The van der Waals surface area contributed by atoms with Gasteiger partial charge in [-0.05, 0) is 50.8 Å². The van der Waals surface area contributed by atoms with Crippen molar-refractivity contribution < 1.29 is 14.6 Å². The molecule has 2 N–H and O–H groups in total. The van der Waals surface area contributed by atoms with Crippen molar-refractivity contribution in [2.24, 2.45) is 5.92 Å². The van der Waals surface area contributed by atoms with E-state index in [1.807, 2.05) is 12.1 Å². The Hall–Kier alpha value is -1.66. The van der Waals surface area contributed by atoms with Crippen molar-refractivity contribution in [3.05, 3.63) is 24.0 Å². The predicted molar refractivity (Wildman–Crippen MR) is 86.0 cm³/mol. The number of rotatable bonds is 6. The number of nitrogens with one attached hydrogen (secondary N) is 1. The van der Waals surface area contributed by atoms with Gasteiger partial charge < -0.3 is 15.2 Å². The number of aliphatic hydroxyl groups excluding tert-OH is 1. The number of likely N-dealkylation sites (tertiary alicyclic amines) is 1. The van der Waals surface area contributed by atoms with Gasteiger partial charge in [0.1, 0.15) is 11.9 Å². The van der Waals surface area contributed by atoms with Crippen LogP contribution in [0.3, 0.4) is 0 Å². The number of aromatic nitrogens is 1. The number of hydrogen-bond donors (Lipinski definition) is 2. The van der Waals surface area contributed by atoms with E-state index in [0.29, 0.717) is 6.04 Å². The van der Waals surface area contributed by atoms with Gasteiger partial charge in [-0.1, -0.05) is 0 Å². The van der Waals surface area contributed by atoms with Gasteiger partial charge in [-0.3, -0.25) is 14.7 Å². The smallest absolute Gasteiger partial charge is 0.249 e. The number of carbonyl (C=O) groups is 1. The topological polar surface area (TPSA) is 74.7 Å². The number of methoxy groups -OCH3 is 1. The van der Waals surface area contributed by atoms with Crippen molar-refractivity contribution in [2.45, 2.75) is 44.4 Å². The van der Waals surface area contributed by atoms with Crippen LogP contribution in [0.4, 0.5) is 0 Å². The van der Waals surface area contributed by atoms with E-state index in [1.54, 1.807) is 13.3 Å². The van der Waals surface area contributed by atoms with Gasteiger partial charge in [0.05, 0.1) is 12.8 Å². The molecule has 126 valence electrons. The van der Waals surface area contributed by atoms with Crippen LogP contribution in [0.2, 0.25) is 0 Å². The molecule has 2 heterocycles. The first-order valence-electron chi connectivity index (χ1n) is 8.35. The fraction of sp³-hybridized carbons (Fsp3) is 0.647. The van der Waals surface area contributed by atoms with Crippen molar-refractivity contribution >= 4 is 5.91 Å². The first kappa shape index (κ1) is 16.2. The number of amides is 1. The maximum absolute atomic E-state index is 11.9. The number of aliphatic hydroxyl groups is 1. The average molecular weight is 319 g/mol. The summed E-state index contributed by atoms with van der Waals surface area (Å²) in [7, 11) is 1.65. The van der Waals surface area contributed by atoms with E-state index in [2.05, 4.69) is 15.2 Å². The summed E-state index contributed by atoms with van der Waals surface area (Å²) in [5.41, 5.74) is 0.981. The molecule has 0 radical (unpaired) electrons. The fourth-order valence-electron chi connectivity index (χ4n) is 3.05. The van der Waals surface area contributed by atoms with Gasteiger partial charge in [-0.25, -0.2) is 0 Å². The zero-order valence-electron chi connectivity index (χ0n) is 13.6. The van der Waals surface area contributed by atoms with Crippen molar-refractivity contribution in [3.63, 3.8) is 0 Å². The van der Waals surface area contributed by atoms with Gasteiger partial charge >= 0.3 is 0 Å².